The number of aromatic nitrogens is 5. The van der Waals surface area contributed by atoms with E-state index in [0.717, 1.165) is 34.5 Å². The van der Waals surface area contributed by atoms with Crippen LogP contribution in [0.5, 0.6) is 0 Å². The van der Waals surface area contributed by atoms with E-state index >= 15 is 0 Å². The minimum atomic E-state index is -4.48. The summed E-state index contributed by atoms with van der Waals surface area (Å²) in [6, 6.07) is 13.2. The van der Waals surface area contributed by atoms with Crippen LogP contribution in [0.15, 0.2) is 61.1 Å². The molecule has 5 aromatic rings. The molecule has 0 aliphatic rings. The van der Waals surface area contributed by atoms with E-state index in [4.69, 9.17) is 11.6 Å². The fourth-order valence-corrected chi connectivity index (χ4v) is 3.60. The molecule has 2 aromatic carbocycles. The fraction of sp³-hybridized carbons (Fsp3) is 0.0952. The van der Waals surface area contributed by atoms with Crippen molar-refractivity contribution in [3.8, 4) is 0 Å². The minimum Gasteiger partial charge on any atom is -0.326 e. The number of nitrogens with one attached hydrogen (secondary N) is 2. The summed E-state index contributed by atoms with van der Waals surface area (Å²) >= 11 is 5.99. The number of hydrogen-bond acceptors (Lipinski definition) is 4. The van der Waals surface area contributed by atoms with Crippen LogP contribution in [0.2, 0.25) is 5.02 Å². The number of pyridine rings is 1. The van der Waals surface area contributed by atoms with Gasteiger partial charge in [-0.2, -0.15) is 13.2 Å². The SMILES string of the molecule is FC(F)(F)c1cc(Cl)c2nc(Nc3ccc(Cn4cnc5cccnc54)cc3)[nH]c2c1. The number of hydrogen-bond donors (Lipinski definition) is 2. The monoisotopic (exact) mass is 442 g/mol. The first-order chi connectivity index (χ1) is 14.9. The largest absolute Gasteiger partial charge is 0.416 e. The first-order valence-electron chi connectivity index (χ1n) is 9.25. The van der Waals surface area contributed by atoms with Gasteiger partial charge in [0.1, 0.15) is 11.0 Å². The maximum absolute atomic E-state index is 13.0. The highest BCUT2D eigenvalue weighted by atomic mass is 35.5. The normalized spacial score (nSPS) is 12.0. The van der Waals surface area contributed by atoms with Gasteiger partial charge < -0.3 is 14.9 Å². The van der Waals surface area contributed by atoms with Gasteiger partial charge in [-0.05, 0) is 42.0 Å². The first kappa shape index (κ1) is 19.4. The second kappa shape index (κ2) is 7.28. The summed E-state index contributed by atoms with van der Waals surface area (Å²) in [5, 5.41) is 2.99. The Labute approximate surface area is 178 Å². The number of halogens is 4. The molecule has 0 saturated carbocycles. The Balaban J connectivity index is 1.36. The zero-order valence-corrected chi connectivity index (χ0v) is 16.5. The third kappa shape index (κ3) is 3.79. The van der Waals surface area contributed by atoms with Crippen molar-refractivity contribution in [2.75, 3.05) is 5.32 Å². The van der Waals surface area contributed by atoms with Crippen molar-refractivity contribution in [1.29, 1.82) is 0 Å². The second-order valence-electron chi connectivity index (χ2n) is 6.98. The summed E-state index contributed by atoms with van der Waals surface area (Å²) in [5.41, 5.74) is 3.06. The Hall–Kier alpha value is -3.59. The lowest BCUT2D eigenvalue weighted by molar-refractivity contribution is -0.137. The van der Waals surface area contributed by atoms with E-state index in [0.29, 0.717) is 12.5 Å². The van der Waals surface area contributed by atoms with Gasteiger partial charge in [-0.15, -0.1) is 0 Å². The van der Waals surface area contributed by atoms with Gasteiger partial charge >= 0.3 is 6.18 Å². The molecule has 31 heavy (non-hydrogen) atoms. The highest BCUT2D eigenvalue weighted by molar-refractivity contribution is 6.35. The predicted octanol–water partition coefficient (Wildman–Crippen LogP) is 5.77. The summed E-state index contributed by atoms with van der Waals surface area (Å²) in [6.45, 7) is 0.605. The number of imidazole rings is 2. The summed E-state index contributed by atoms with van der Waals surface area (Å²) in [6.07, 6.45) is -1.01. The quantitative estimate of drug-likeness (QED) is 0.370. The van der Waals surface area contributed by atoms with Crippen LogP contribution in [0.4, 0.5) is 24.8 Å². The molecule has 0 aliphatic carbocycles. The summed E-state index contributed by atoms with van der Waals surface area (Å²) in [5.74, 6) is 0.300. The van der Waals surface area contributed by atoms with E-state index in [2.05, 4.69) is 25.3 Å². The summed E-state index contributed by atoms with van der Waals surface area (Å²) in [4.78, 5) is 15.8. The second-order valence-corrected chi connectivity index (χ2v) is 7.39. The van der Waals surface area contributed by atoms with Crippen LogP contribution in [0.3, 0.4) is 0 Å². The van der Waals surface area contributed by atoms with Crippen molar-refractivity contribution < 1.29 is 13.2 Å². The van der Waals surface area contributed by atoms with E-state index in [1.165, 1.54) is 0 Å². The molecule has 0 radical (unpaired) electrons. The molecule has 3 aromatic heterocycles. The van der Waals surface area contributed by atoms with Gasteiger partial charge in [0, 0.05) is 11.9 Å². The molecule has 3 heterocycles. The molecule has 156 valence electrons. The number of H-pyrrole nitrogens is 1. The van der Waals surface area contributed by atoms with Crippen LogP contribution < -0.4 is 5.32 Å². The van der Waals surface area contributed by atoms with E-state index in [9.17, 15) is 13.2 Å². The first-order valence-corrected chi connectivity index (χ1v) is 9.63. The van der Waals surface area contributed by atoms with Crippen LogP contribution >= 0.6 is 11.6 Å². The number of fused-ring (bicyclic) bond motifs is 2. The summed E-state index contributed by atoms with van der Waals surface area (Å²) < 4.78 is 40.9. The lowest BCUT2D eigenvalue weighted by atomic mass is 10.2. The Bertz CT molecular complexity index is 1390. The molecule has 0 bridgehead atoms. The third-order valence-electron chi connectivity index (χ3n) is 4.81. The van der Waals surface area contributed by atoms with Gasteiger partial charge in [-0.1, -0.05) is 23.7 Å². The van der Waals surface area contributed by atoms with Crippen molar-refractivity contribution in [3.05, 3.63) is 77.2 Å². The molecule has 10 heteroatoms. The van der Waals surface area contributed by atoms with Crippen LogP contribution in [0.1, 0.15) is 11.1 Å². The summed E-state index contributed by atoms with van der Waals surface area (Å²) in [7, 11) is 0. The van der Waals surface area contributed by atoms with Gasteiger partial charge in [0.05, 0.1) is 29.0 Å². The Morgan fingerprint density at radius 2 is 1.87 bits per heavy atom. The molecule has 6 nitrogen and oxygen atoms in total. The van der Waals surface area contributed by atoms with Gasteiger partial charge in [-0.3, -0.25) is 0 Å². The van der Waals surface area contributed by atoms with Crippen molar-refractivity contribution >= 4 is 45.4 Å². The molecule has 5 rings (SSSR count). The van der Waals surface area contributed by atoms with Crippen molar-refractivity contribution in [2.24, 2.45) is 0 Å². The number of anilines is 2. The van der Waals surface area contributed by atoms with Crippen LogP contribution in [0.25, 0.3) is 22.2 Å². The number of benzene rings is 2. The topological polar surface area (TPSA) is 71.4 Å². The minimum absolute atomic E-state index is 0.0642. The average Bonchev–Trinajstić information content (AvgIpc) is 3.33. The van der Waals surface area contributed by atoms with Gasteiger partial charge in [0.2, 0.25) is 5.95 Å². The van der Waals surface area contributed by atoms with E-state index in [-0.39, 0.29) is 16.1 Å². The number of rotatable bonds is 4. The lowest BCUT2D eigenvalue weighted by Crippen LogP contribution is -2.04. The molecule has 0 spiro atoms. The fourth-order valence-electron chi connectivity index (χ4n) is 3.34. The Kier molecular flexibility index (Phi) is 4.55. The number of nitrogens with zero attached hydrogens (tertiary/aromatic N) is 4. The van der Waals surface area contributed by atoms with Crippen molar-refractivity contribution in [2.45, 2.75) is 12.7 Å². The third-order valence-corrected chi connectivity index (χ3v) is 5.10. The van der Waals surface area contributed by atoms with Crippen molar-refractivity contribution in [1.82, 2.24) is 24.5 Å². The average molecular weight is 443 g/mol. The Morgan fingerprint density at radius 1 is 1.06 bits per heavy atom. The lowest BCUT2D eigenvalue weighted by Gasteiger charge is -2.06. The van der Waals surface area contributed by atoms with Gasteiger partial charge in [0.15, 0.2) is 5.65 Å². The Morgan fingerprint density at radius 3 is 2.65 bits per heavy atom. The smallest absolute Gasteiger partial charge is 0.326 e. The van der Waals surface area contributed by atoms with Gasteiger partial charge in [-0.25, -0.2) is 15.0 Å². The molecule has 0 unspecified atom stereocenters. The molecule has 0 saturated heterocycles. The maximum Gasteiger partial charge on any atom is 0.416 e. The molecule has 0 atom stereocenters. The zero-order valence-electron chi connectivity index (χ0n) is 15.8. The molecule has 0 fully saturated rings. The molecule has 0 amide bonds. The number of aromatic amines is 1. The molecular formula is C21H14ClF3N6. The highest BCUT2D eigenvalue weighted by Crippen LogP contribution is 2.35. The predicted molar refractivity (Wildman–Crippen MR) is 112 cm³/mol. The molecule has 0 aliphatic heterocycles. The van der Waals surface area contributed by atoms with E-state index in [1.54, 1.807) is 12.5 Å². The zero-order chi connectivity index (χ0) is 21.6. The molecular weight excluding hydrogens is 429 g/mol. The van der Waals surface area contributed by atoms with Crippen molar-refractivity contribution in [3.63, 3.8) is 0 Å². The highest BCUT2D eigenvalue weighted by Gasteiger charge is 2.31. The number of alkyl halides is 3. The van der Waals surface area contributed by atoms with Crippen LogP contribution in [0, 0.1) is 0 Å². The van der Waals surface area contributed by atoms with E-state index in [1.807, 2.05) is 41.0 Å². The molecule has 2 N–H and O–H groups in total. The van der Waals surface area contributed by atoms with E-state index < -0.39 is 11.7 Å². The van der Waals surface area contributed by atoms with Crippen LogP contribution in [-0.2, 0) is 12.7 Å². The maximum atomic E-state index is 13.0. The van der Waals surface area contributed by atoms with Gasteiger partial charge in [0.25, 0.3) is 0 Å². The van der Waals surface area contributed by atoms with Crippen LogP contribution in [-0.4, -0.2) is 24.5 Å². The standard InChI is InChI=1S/C21H14ClF3N6/c22-15-8-13(21(23,24)25)9-17-18(15)30-20(29-17)28-14-5-3-12(4-6-14)10-31-11-27-16-2-1-7-26-19(16)31/h1-9,11H,10H2,(H2,28,29,30).